The van der Waals surface area contributed by atoms with E-state index in [9.17, 15) is 18.3 Å². The van der Waals surface area contributed by atoms with Crippen molar-refractivity contribution in [3.63, 3.8) is 0 Å². The molecule has 20 heavy (non-hydrogen) atoms. The first-order chi connectivity index (χ1) is 9.47. The maximum atomic E-state index is 13.1. The van der Waals surface area contributed by atoms with Gasteiger partial charge < -0.3 is 5.11 Å². The maximum absolute atomic E-state index is 13.1. The first kappa shape index (κ1) is 15.1. The van der Waals surface area contributed by atoms with Crippen LogP contribution in [0.1, 0.15) is 29.2 Å². The van der Waals surface area contributed by atoms with Crippen LogP contribution in [-0.4, -0.2) is 5.11 Å². The van der Waals surface area contributed by atoms with Crippen LogP contribution in [0, 0.1) is 5.82 Å². The number of alkyl halides is 2. The van der Waals surface area contributed by atoms with Crippen LogP contribution in [0.15, 0.2) is 46.9 Å². The van der Waals surface area contributed by atoms with Crippen molar-refractivity contribution >= 4 is 15.9 Å². The first-order valence-corrected chi connectivity index (χ1v) is 6.76. The molecule has 2 aromatic rings. The van der Waals surface area contributed by atoms with E-state index in [1.165, 1.54) is 24.3 Å². The highest BCUT2D eigenvalue weighted by Gasteiger charge is 2.13. The average Bonchev–Trinajstić information content (AvgIpc) is 2.43. The molecule has 0 amide bonds. The normalized spacial score (nSPS) is 12.7. The third-order valence-corrected chi connectivity index (χ3v) is 3.57. The molecular formula is C15H12BrF3O. The zero-order valence-corrected chi connectivity index (χ0v) is 11.9. The van der Waals surface area contributed by atoms with Gasteiger partial charge in [0.1, 0.15) is 5.82 Å². The molecule has 1 atom stereocenters. The van der Waals surface area contributed by atoms with Gasteiger partial charge in [-0.15, -0.1) is 0 Å². The third-order valence-electron chi connectivity index (χ3n) is 2.96. The van der Waals surface area contributed by atoms with Gasteiger partial charge in [-0.3, -0.25) is 0 Å². The lowest BCUT2D eigenvalue weighted by molar-refractivity contribution is 0.149. The third kappa shape index (κ3) is 3.61. The van der Waals surface area contributed by atoms with Crippen LogP contribution in [0.25, 0.3) is 0 Å². The summed E-state index contributed by atoms with van der Waals surface area (Å²) in [4.78, 5) is 0. The maximum Gasteiger partial charge on any atom is 0.263 e. The zero-order valence-electron chi connectivity index (χ0n) is 10.4. The Kier molecular flexibility index (Phi) is 4.83. The lowest BCUT2D eigenvalue weighted by Crippen LogP contribution is -2.03. The standard InChI is InChI=1S/C15H12BrF3O/c16-12-6-9(4-5-13(12)17)7-14(20)10-2-1-3-11(8-10)15(18)19/h1-6,8,14-15,20H,7H2. The number of halogens is 4. The monoisotopic (exact) mass is 344 g/mol. The predicted octanol–water partition coefficient (Wildman–Crippen LogP) is 4.80. The van der Waals surface area contributed by atoms with Crippen LogP contribution in [0.4, 0.5) is 13.2 Å². The Bertz CT molecular complexity index is 601. The van der Waals surface area contributed by atoms with E-state index in [2.05, 4.69) is 15.9 Å². The van der Waals surface area contributed by atoms with E-state index in [0.29, 0.717) is 15.6 Å². The Labute approximate surface area is 123 Å². The number of aliphatic hydroxyl groups is 1. The van der Waals surface area contributed by atoms with Gasteiger partial charge in [0.05, 0.1) is 10.6 Å². The first-order valence-electron chi connectivity index (χ1n) is 5.97. The molecule has 0 aromatic heterocycles. The van der Waals surface area contributed by atoms with Gasteiger partial charge in [0.15, 0.2) is 0 Å². The Morgan fingerprint density at radius 1 is 1.05 bits per heavy atom. The number of hydrogen-bond donors (Lipinski definition) is 1. The van der Waals surface area contributed by atoms with Crippen molar-refractivity contribution in [2.75, 3.05) is 0 Å². The van der Waals surface area contributed by atoms with E-state index in [4.69, 9.17) is 0 Å². The van der Waals surface area contributed by atoms with Crippen molar-refractivity contribution in [2.24, 2.45) is 0 Å². The Morgan fingerprint density at radius 3 is 2.40 bits per heavy atom. The van der Waals surface area contributed by atoms with Crippen molar-refractivity contribution < 1.29 is 18.3 Å². The van der Waals surface area contributed by atoms with Gasteiger partial charge in [-0.1, -0.05) is 24.3 Å². The molecule has 1 unspecified atom stereocenters. The van der Waals surface area contributed by atoms with E-state index < -0.39 is 12.5 Å². The summed E-state index contributed by atoms with van der Waals surface area (Å²) in [6, 6.07) is 10.1. The molecule has 0 aliphatic carbocycles. The highest BCUT2D eigenvalue weighted by molar-refractivity contribution is 9.10. The highest BCUT2D eigenvalue weighted by Crippen LogP contribution is 2.25. The summed E-state index contributed by atoms with van der Waals surface area (Å²) < 4.78 is 38.6. The molecule has 0 fully saturated rings. The van der Waals surface area contributed by atoms with Gasteiger partial charge in [0, 0.05) is 12.0 Å². The van der Waals surface area contributed by atoms with Crippen LogP contribution in [0.2, 0.25) is 0 Å². The number of hydrogen-bond acceptors (Lipinski definition) is 1. The van der Waals surface area contributed by atoms with Crippen molar-refractivity contribution in [2.45, 2.75) is 19.0 Å². The molecule has 0 aliphatic heterocycles. The molecule has 0 saturated carbocycles. The summed E-state index contributed by atoms with van der Waals surface area (Å²) in [5.74, 6) is -0.386. The van der Waals surface area contributed by atoms with Crippen LogP contribution >= 0.6 is 15.9 Å². The van der Waals surface area contributed by atoms with Gasteiger partial charge >= 0.3 is 0 Å². The molecule has 1 N–H and O–H groups in total. The van der Waals surface area contributed by atoms with Gasteiger partial charge in [-0.05, 0) is 45.3 Å². The lowest BCUT2D eigenvalue weighted by atomic mass is 10.00. The summed E-state index contributed by atoms with van der Waals surface area (Å²) in [5, 5.41) is 10.1. The number of aliphatic hydroxyl groups excluding tert-OH is 1. The van der Waals surface area contributed by atoms with E-state index in [-0.39, 0.29) is 17.8 Å². The predicted molar refractivity (Wildman–Crippen MR) is 74.2 cm³/mol. The smallest absolute Gasteiger partial charge is 0.263 e. The minimum absolute atomic E-state index is 0.123. The summed E-state index contributed by atoms with van der Waals surface area (Å²) >= 11 is 3.07. The second kappa shape index (κ2) is 6.41. The molecule has 5 heteroatoms. The number of benzene rings is 2. The summed E-state index contributed by atoms with van der Waals surface area (Å²) in [5.41, 5.74) is 1.01. The lowest BCUT2D eigenvalue weighted by Gasteiger charge is -2.13. The van der Waals surface area contributed by atoms with E-state index in [0.717, 1.165) is 0 Å². The fourth-order valence-electron chi connectivity index (χ4n) is 1.91. The van der Waals surface area contributed by atoms with Crippen molar-refractivity contribution in [3.8, 4) is 0 Å². The molecule has 0 bridgehead atoms. The van der Waals surface area contributed by atoms with E-state index >= 15 is 0 Å². The molecule has 2 aromatic carbocycles. The van der Waals surface area contributed by atoms with Gasteiger partial charge in [0.2, 0.25) is 0 Å². The molecule has 106 valence electrons. The second-order valence-electron chi connectivity index (χ2n) is 4.44. The average molecular weight is 345 g/mol. The van der Waals surface area contributed by atoms with Crippen LogP contribution < -0.4 is 0 Å². The highest BCUT2D eigenvalue weighted by atomic mass is 79.9. The largest absolute Gasteiger partial charge is 0.388 e. The quantitative estimate of drug-likeness (QED) is 0.844. The molecule has 0 aliphatic rings. The second-order valence-corrected chi connectivity index (χ2v) is 5.29. The van der Waals surface area contributed by atoms with Crippen molar-refractivity contribution in [1.29, 1.82) is 0 Å². The topological polar surface area (TPSA) is 20.2 Å². The van der Waals surface area contributed by atoms with Crippen LogP contribution in [0.3, 0.4) is 0 Å². The Balaban J connectivity index is 2.17. The Morgan fingerprint density at radius 2 is 1.75 bits per heavy atom. The van der Waals surface area contributed by atoms with E-state index in [1.807, 2.05) is 0 Å². The SMILES string of the molecule is OC(Cc1ccc(F)c(Br)c1)c1cccc(C(F)F)c1. The fourth-order valence-corrected chi connectivity index (χ4v) is 2.34. The minimum atomic E-state index is -2.57. The molecule has 2 rings (SSSR count). The molecule has 0 spiro atoms. The zero-order chi connectivity index (χ0) is 14.7. The summed E-state index contributed by atoms with van der Waals surface area (Å²) in [7, 11) is 0. The summed E-state index contributed by atoms with van der Waals surface area (Å²) in [6.07, 6.45) is -3.25. The van der Waals surface area contributed by atoms with Gasteiger partial charge in [-0.2, -0.15) is 0 Å². The van der Waals surface area contributed by atoms with Crippen molar-refractivity contribution in [3.05, 3.63) is 69.4 Å². The Hall–Kier alpha value is -1.33. The van der Waals surface area contributed by atoms with Crippen LogP contribution in [-0.2, 0) is 6.42 Å². The molecule has 1 nitrogen and oxygen atoms in total. The van der Waals surface area contributed by atoms with Crippen LogP contribution in [0.5, 0.6) is 0 Å². The van der Waals surface area contributed by atoms with Crippen molar-refractivity contribution in [1.82, 2.24) is 0 Å². The summed E-state index contributed by atoms with van der Waals surface area (Å²) in [6.45, 7) is 0. The van der Waals surface area contributed by atoms with Gasteiger partial charge in [-0.25, -0.2) is 13.2 Å². The molecule has 0 saturated heterocycles. The van der Waals surface area contributed by atoms with E-state index in [1.54, 1.807) is 18.2 Å². The van der Waals surface area contributed by atoms with Gasteiger partial charge in [0.25, 0.3) is 6.43 Å². The molecular weight excluding hydrogens is 333 g/mol. The fraction of sp³-hybridized carbons (Fsp3) is 0.200. The molecule has 0 radical (unpaired) electrons. The molecule has 0 heterocycles. The number of rotatable bonds is 4. The minimum Gasteiger partial charge on any atom is -0.388 e.